The number of carbonyl (C=O) groups is 1. The Kier molecular flexibility index (Phi) is 5.89. The Balaban J connectivity index is 5.39. The smallest absolute Gasteiger partial charge is 0.419 e. The first kappa shape index (κ1) is 19.9. The van der Waals surface area contributed by atoms with Gasteiger partial charge in [-0.3, -0.25) is 4.79 Å². The van der Waals surface area contributed by atoms with Crippen molar-refractivity contribution in [3.63, 3.8) is 0 Å². The molecule has 0 saturated carbocycles. The van der Waals surface area contributed by atoms with Crippen LogP contribution in [-0.2, 0) is 9.22 Å². The summed E-state index contributed by atoms with van der Waals surface area (Å²) < 4.78 is 45.5. The quantitative estimate of drug-likeness (QED) is 0.709. The van der Waals surface area contributed by atoms with E-state index < -0.39 is 36.9 Å². The molecule has 0 bridgehead atoms. The average Bonchev–Trinajstić information content (AvgIpc) is 2.09. The molecule has 3 nitrogen and oxygen atoms in total. The molecule has 0 atom stereocenters. The lowest BCUT2D eigenvalue weighted by molar-refractivity contribution is -0.177. The van der Waals surface area contributed by atoms with Gasteiger partial charge in [-0.05, 0) is 19.6 Å². The number of carbonyl (C=O) groups excluding carboxylic acids is 1. The number of hydrogen-bond donors (Lipinski definition) is 0. The average molecular weight is 346 g/mol. The molecule has 9 heteroatoms. The lowest BCUT2D eigenvalue weighted by Gasteiger charge is -2.46. The molecule has 0 fully saturated rings. The standard InChI is InChI=1S/C11H26F3NO2Si3/c1-18(2,3)15(10(16)11(12,13)14)20(7,8)9-17-19(4,5)6/h9H2,1-8H3. The second kappa shape index (κ2) is 5.93. The molecule has 0 aromatic heterocycles. The van der Waals surface area contributed by atoms with Crippen LogP contribution in [0.15, 0.2) is 0 Å². The molecule has 0 aromatic rings. The maximum absolute atomic E-state index is 12.9. The molecule has 0 aliphatic heterocycles. The molecule has 0 radical (unpaired) electrons. The van der Waals surface area contributed by atoms with Crippen LogP contribution in [0.2, 0.25) is 52.4 Å². The molecular formula is C11H26F3NO2Si3. The Hall–Kier alpha value is -0.129. The zero-order valence-corrected chi connectivity index (χ0v) is 16.6. The van der Waals surface area contributed by atoms with Gasteiger partial charge in [-0.2, -0.15) is 13.2 Å². The van der Waals surface area contributed by atoms with Gasteiger partial charge in [-0.15, -0.1) is 0 Å². The third-order valence-corrected chi connectivity index (χ3v) is 11.5. The SMILES string of the molecule is C[Si](C)(C)OC[Si](C)(C)N(C(=O)C(F)(F)F)[Si](C)(C)C. The summed E-state index contributed by atoms with van der Waals surface area (Å²) in [6.45, 7) is 14.8. The Morgan fingerprint density at radius 3 is 1.65 bits per heavy atom. The summed E-state index contributed by atoms with van der Waals surface area (Å²) in [6.07, 6.45) is -4.56. The molecule has 0 unspecified atom stereocenters. The van der Waals surface area contributed by atoms with E-state index in [0.29, 0.717) is 0 Å². The Labute approximate surface area is 122 Å². The number of rotatable bonds is 5. The fourth-order valence-electron chi connectivity index (χ4n) is 2.07. The van der Waals surface area contributed by atoms with Crippen LogP contribution in [0.3, 0.4) is 0 Å². The van der Waals surface area contributed by atoms with Crippen molar-refractivity contribution in [2.75, 3.05) is 6.23 Å². The van der Waals surface area contributed by atoms with Crippen LogP contribution < -0.4 is 0 Å². The highest BCUT2D eigenvalue weighted by Gasteiger charge is 2.51. The summed E-state index contributed by atoms with van der Waals surface area (Å²) in [6, 6.07) is 0. The van der Waals surface area contributed by atoms with E-state index in [-0.39, 0.29) is 6.23 Å². The number of nitrogens with zero attached hydrogens (tertiary/aromatic N) is 1. The second-order valence-electron chi connectivity index (χ2n) is 7.52. The van der Waals surface area contributed by atoms with E-state index >= 15 is 0 Å². The van der Waals surface area contributed by atoms with Gasteiger partial charge in [0, 0.05) is 6.23 Å². The van der Waals surface area contributed by atoms with Gasteiger partial charge in [-0.25, -0.2) is 0 Å². The molecule has 0 heterocycles. The van der Waals surface area contributed by atoms with Crippen molar-refractivity contribution in [1.82, 2.24) is 4.23 Å². The van der Waals surface area contributed by atoms with Gasteiger partial charge in [0.15, 0.2) is 16.6 Å². The van der Waals surface area contributed by atoms with Crippen molar-refractivity contribution < 1.29 is 22.4 Å². The molecule has 0 aromatic carbocycles. The fourth-order valence-corrected chi connectivity index (χ4v) is 14.2. The van der Waals surface area contributed by atoms with Gasteiger partial charge in [0.2, 0.25) is 0 Å². The molecule has 0 saturated heterocycles. The van der Waals surface area contributed by atoms with E-state index in [1.807, 2.05) is 19.6 Å². The van der Waals surface area contributed by atoms with Gasteiger partial charge in [-0.1, -0.05) is 32.7 Å². The van der Waals surface area contributed by atoms with Crippen LogP contribution in [-0.4, -0.2) is 47.3 Å². The summed E-state index contributed by atoms with van der Waals surface area (Å²) in [7, 11) is -6.86. The van der Waals surface area contributed by atoms with Crippen LogP contribution in [0.5, 0.6) is 0 Å². The summed E-state index contributed by atoms with van der Waals surface area (Å²) >= 11 is 0. The summed E-state index contributed by atoms with van der Waals surface area (Å²) in [5.74, 6) is -1.70. The Morgan fingerprint density at radius 1 is 1.00 bits per heavy atom. The molecule has 120 valence electrons. The van der Waals surface area contributed by atoms with Crippen molar-refractivity contribution in [2.24, 2.45) is 0 Å². The molecule has 0 rings (SSSR count). The number of halogens is 3. The summed E-state index contributed by atoms with van der Waals surface area (Å²) in [5, 5.41) is 0. The van der Waals surface area contributed by atoms with E-state index in [2.05, 4.69) is 0 Å². The summed E-state index contributed by atoms with van der Waals surface area (Å²) in [4.78, 5) is 11.8. The van der Waals surface area contributed by atoms with Crippen LogP contribution in [0, 0.1) is 0 Å². The Morgan fingerprint density at radius 2 is 1.40 bits per heavy atom. The lowest BCUT2D eigenvalue weighted by atomic mass is 10.6. The normalized spacial score (nSPS) is 14.3. The highest BCUT2D eigenvalue weighted by Crippen LogP contribution is 2.28. The minimum Gasteiger partial charge on any atom is -0.419 e. The molecule has 0 aliphatic rings. The highest BCUT2D eigenvalue weighted by atomic mass is 28.4. The monoisotopic (exact) mass is 345 g/mol. The Bertz CT molecular complexity index is 359. The minimum absolute atomic E-state index is 0.259. The van der Waals surface area contributed by atoms with Crippen molar-refractivity contribution >= 4 is 30.7 Å². The van der Waals surface area contributed by atoms with Gasteiger partial charge < -0.3 is 8.66 Å². The van der Waals surface area contributed by atoms with Crippen LogP contribution in [0.25, 0.3) is 0 Å². The van der Waals surface area contributed by atoms with Crippen molar-refractivity contribution in [2.45, 2.75) is 58.6 Å². The van der Waals surface area contributed by atoms with Crippen molar-refractivity contribution in [3.8, 4) is 0 Å². The largest absolute Gasteiger partial charge is 0.469 e. The zero-order chi connectivity index (χ0) is 16.6. The first-order valence-electron chi connectivity index (χ1n) is 6.54. The molecule has 0 spiro atoms. The molecule has 1 amide bonds. The minimum atomic E-state index is -4.82. The topological polar surface area (TPSA) is 29.5 Å². The van der Waals surface area contributed by atoms with E-state index in [9.17, 15) is 18.0 Å². The van der Waals surface area contributed by atoms with Gasteiger partial charge >= 0.3 is 12.1 Å². The first-order chi connectivity index (χ1) is 8.48. The summed E-state index contributed by atoms with van der Waals surface area (Å²) in [5.41, 5.74) is 0. The maximum atomic E-state index is 12.9. The van der Waals surface area contributed by atoms with Crippen LogP contribution >= 0.6 is 0 Å². The maximum Gasteiger partial charge on any atom is 0.469 e. The van der Waals surface area contributed by atoms with Gasteiger partial charge in [0.25, 0.3) is 0 Å². The van der Waals surface area contributed by atoms with E-state index in [1.165, 1.54) is 0 Å². The highest BCUT2D eigenvalue weighted by molar-refractivity contribution is 6.93. The van der Waals surface area contributed by atoms with Gasteiger partial charge in [0.1, 0.15) is 8.24 Å². The molecule has 0 N–H and O–H groups in total. The van der Waals surface area contributed by atoms with Crippen LogP contribution in [0.1, 0.15) is 0 Å². The second-order valence-corrected chi connectivity index (χ2v) is 21.6. The molecule has 20 heavy (non-hydrogen) atoms. The predicted molar refractivity (Wildman–Crippen MR) is 83.0 cm³/mol. The molecular weight excluding hydrogens is 319 g/mol. The van der Waals surface area contributed by atoms with Crippen molar-refractivity contribution in [1.29, 1.82) is 0 Å². The number of hydrogen-bond acceptors (Lipinski definition) is 2. The lowest BCUT2D eigenvalue weighted by Crippen LogP contribution is -2.68. The first-order valence-corrected chi connectivity index (χ1v) is 16.5. The number of alkyl halides is 3. The van der Waals surface area contributed by atoms with Crippen molar-refractivity contribution in [3.05, 3.63) is 0 Å². The fraction of sp³-hybridized carbons (Fsp3) is 0.909. The zero-order valence-electron chi connectivity index (χ0n) is 13.6. The van der Waals surface area contributed by atoms with Crippen LogP contribution in [0.4, 0.5) is 13.2 Å². The third kappa shape index (κ3) is 6.10. The van der Waals surface area contributed by atoms with E-state index in [1.54, 1.807) is 32.7 Å². The number of amides is 1. The predicted octanol–water partition coefficient (Wildman–Crippen LogP) is 3.81. The van der Waals surface area contributed by atoms with E-state index in [0.717, 1.165) is 4.23 Å². The third-order valence-electron chi connectivity index (χ3n) is 2.58. The molecule has 0 aliphatic carbocycles. The van der Waals surface area contributed by atoms with Gasteiger partial charge in [0.05, 0.1) is 0 Å². The van der Waals surface area contributed by atoms with E-state index in [4.69, 9.17) is 4.43 Å².